The maximum absolute atomic E-state index is 9.01. The van der Waals surface area contributed by atoms with E-state index in [1.54, 1.807) is 0 Å². The molecule has 1 saturated carbocycles. The summed E-state index contributed by atoms with van der Waals surface area (Å²) in [6.45, 7) is 2.69. The third-order valence-corrected chi connectivity index (χ3v) is 4.36. The fraction of sp³-hybridized carbons (Fsp3) is 0.278. The van der Waals surface area contributed by atoms with Gasteiger partial charge in [0.25, 0.3) is 0 Å². The summed E-state index contributed by atoms with van der Waals surface area (Å²) in [7, 11) is 0. The molecule has 0 spiro atoms. The summed E-state index contributed by atoms with van der Waals surface area (Å²) in [6, 6.07) is 18.2. The van der Waals surface area contributed by atoms with Gasteiger partial charge in [0.1, 0.15) is 12.4 Å². The maximum Gasteiger partial charge on any atom is 0.119 e. The molecule has 1 aliphatic carbocycles. The normalized spacial score (nSPS) is 22.8. The Kier molecular flexibility index (Phi) is 3.65. The quantitative estimate of drug-likeness (QED) is 0.675. The van der Waals surface area contributed by atoms with Crippen LogP contribution in [0.1, 0.15) is 30.9 Å². The lowest BCUT2D eigenvalue weighted by Gasteiger charge is -2.39. The molecular weight excluding hydrogens is 262 g/mol. The van der Waals surface area contributed by atoms with Crippen LogP contribution in [0.2, 0.25) is 0 Å². The van der Waals surface area contributed by atoms with Gasteiger partial charge in [0, 0.05) is 5.41 Å². The van der Waals surface area contributed by atoms with Gasteiger partial charge >= 0.3 is 0 Å². The molecule has 0 heterocycles. The van der Waals surface area contributed by atoms with Gasteiger partial charge in [-0.2, -0.15) is 0 Å². The van der Waals surface area contributed by atoms with E-state index in [9.17, 15) is 0 Å². The first-order valence-electron chi connectivity index (χ1n) is 7.21. The van der Waals surface area contributed by atoms with E-state index in [1.165, 1.54) is 5.56 Å². The van der Waals surface area contributed by atoms with Gasteiger partial charge in [-0.05, 0) is 36.1 Å². The zero-order chi connectivity index (χ0) is 14.7. The Morgan fingerprint density at radius 3 is 2.38 bits per heavy atom. The molecule has 1 unspecified atom stereocenters. The van der Waals surface area contributed by atoms with E-state index in [2.05, 4.69) is 24.2 Å². The molecule has 2 aromatic rings. The Labute approximate surface area is 124 Å². The van der Waals surface area contributed by atoms with Gasteiger partial charge in [0.05, 0.1) is 5.71 Å². The number of rotatable bonds is 4. The molecule has 108 valence electrons. The second kappa shape index (κ2) is 5.60. The summed E-state index contributed by atoms with van der Waals surface area (Å²) in [5.41, 5.74) is 3.07. The summed E-state index contributed by atoms with van der Waals surface area (Å²) in [5, 5.41) is 12.4. The summed E-state index contributed by atoms with van der Waals surface area (Å²) < 4.78 is 5.78. The van der Waals surface area contributed by atoms with Crippen molar-refractivity contribution in [1.29, 1.82) is 0 Å². The lowest BCUT2D eigenvalue weighted by Crippen LogP contribution is -2.42. The topological polar surface area (TPSA) is 41.8 Å². The average molecular weight is 281 g/mol. The molecule has 1 fully saturated rings. The van der Waals surface area contributed by atoms with Crippen molar-refractivity contribution in [3.8, 4) is 5.75 Å². The van der Waals surface area contributed by atoms with Crippen molar-refractivity contribution < 1.29 is 9.94 Å². The van der Waals surface area contributed by atoms with Crippen LogP contribution in [-0.2, 0) is 12.0 Å². The molecular formula is C18H19NO2. The van der Waals surface area contributed by atoms with E-state index in [0.717, 1.165) is 29.9 Å². The molecule has 3 nitrogen and oxygen atoms in total. The van der Waals surface area contributed by atoms with Crippen molar-refractivity contribution in [2.24, 2.45) is 5.16 Å². The first-order chi connectivity index (χ1) is 10.2. The van der Waals surface area contributed by atoms with Crippen molar-refractivity contribution in [2.45, 2.75) is 31.8 Å². The Morgan fingerprint density at radius 1 is 1.10 bits per heavy atom. The van der Waals surface area contributed by atoms with Crippen LogP contribution in [0.4, 0.5) is 0 Å². The molecule has 0 radical (unpaired) electrons. The van der Waals surface area contributed by atoms with Gasteiger partial charge in [-0.25, -0.2) is 0 Å². The number of nitrogens with zero attached hydrogens (tertiary/aromatic N) is 1. The predicted octanol–water partition coefficient (Wildman–Crippen LogP) is 4.15. The Bertz CT molecular complexity index is 634. The molecule has 1 atom stereocenters. The van der Waals surface area contributed by atoms with Crippen LogP contribution in [0, 0.1) is 0 Å². The van der Waals surface area contributed by atoms with Crippen LogP contribution in [-0.4, -0.2) is 10.9 Å². The van der Waals surface area contributed by atoms with Crippen LogP contribution < -0.4 is 4.74 Å². The molecule has 0 bridgehead atoms. The van der Waals surface area contributed by atoms with E-state index in [0.29, 0.717) is 6.61 Å². The number of hydrogen-bond acceptors (Lipinski definition) is 3. The smallest absolute Gasteiger partial charge is 0.119 e. The van der Waals surface area contributed by atoms with Crippen molar-refractivity contribution in [2.75, 3.05) is 0 Å². The highest BCUT2D eigenvalue weighted by Gasteiger charge is 2.41. The molecule has 21 heavy (non-hydrogen) atoms. The SMILES string of the molecule is CC1(c2ccc(OCc3ccccc3)cc2)CCC1=NO. The molecule has 0 amide bonds. The maximum atomic E-state index is 9.01. The number of ether oxygens (including phenoxy) is 1. The van der Waals surface area contributed by atoms with Crippen molar-refractivity contribution in [1.82, 2.24) is 0 Å². The lowest BCUT2D eigenvalue weighted by atomic mass is 9.64. The Morgan fingerprint density at radius 2 is 1.81 bits per heavy atom. The fourth-order valence-corrected chi connectivity index (χ4v) is 2.74. The molecule has 0 aromatic heterocycles. The summed E-state index contributed by atoms with van der Waals surface area (Å²) in [5.74, 6) is 0.855. The molecule has 1 N–H and O–H groups in total. The van der Waals surface area contributed by atoms with Gasteiger partial charge in [-0.15, -0.1) is 0 Å². The highest BCUT2D eigenvalue weighted by molar-refractivity contribution is 5.99. The minimum Gasteiger partial charge on any atom is -0.489 e. The van der Waals surface area contributed by atoms with Crippen molar-refractivity contribution in [3.63, 3.8) is 0 Å². The van der Waals surface area contributed by atoms with Crippen LogP contribution in [0.15, 0.2) is 59.8 Å². The van der Waals surface area contributed by atoms with E-state index in [4.69, 9.17) is 9.94 Å². The summed E-state index contributed by atoms with van der Waals surface area (Å²) in [4.78, 5) is 0. The van der Waals surface area contributed by atoms with Crippen molar-refractivity contribution >= 4 is 5.71 Å². The second-order valence-corrected chi connectivity index (χ2v) is 5.68. The first kappa shape index (κ1) is 13.7. The summed E-state index contributed by atoms with van der Waals surface area (Å²) in [6.07, 6.45) is 1.90. The van der Waals surface area contributed by atoms with Crippen LogP contribution in [0.25, 0.3) is 0 Å². The van der Waals surface area contributed by atoms with E-state index < -0.39 is 0 Å². The highest BCUT2D eigenvalue weighted by Crippen LogP contribution is 2.41. The molecule has 3 heteroatoms. The monoisotopic (exact) mass is 281 g/mol. The van der Waals surface area contributed by atoms with E-state index in [1.807, 2.05) is 42.5 Å². The van der Waals surface area contributed by atoms with Gasteiger partial charge in [0.15, 0.2) is 0 Å². The molecule has 0 aliphatic heterocycles. The van der Waals surface area contributed by atoms with Gasteiger partial charge in [-0.3, -0.25) is 0 Å². The van der Waals surface area contributed by atoms with E-state index >= 15 is 0 Å². The molecule has 0 saturated heterocycles. The van der Waals surface area contributed by atoms with Gasteiger partial charge in [0.2, 0.25) is 0 Å². The average Bonchev–Trinajstić information content (AvgIpc) is 2.53. The third kappa shape index (κ3) is 2.64. The van der Waals surface area contributed by atoms with E-state index in [-0.39, 0.29) is 5.41 Å². The lowest BCUT2D eigenvalue weighted by molar-refractivity contribution is 0.300. The van der Waals surface area contributed by atoms with Crippen molar-refractivity contribution in [3.05, 3.63) is 65.7 Å². The largest absolute Gasteiger partial charge is 0.489 e. The van der Waals surface area contributed by atoms with Crippen LogP contribution in [0.5, 0.6) is 5.75 Å². The predicted molar refractivity (Wildman–Crippen MR) is 83.0 cm³/mol. The Balaban J connectivity index is 1.67. The van der Waals surface area contributed by atoms with Crippen LogP contribution in [0.3, 0.4) is 0 Å². The minimum atomic E-state index is -0.118. The van der Waals surface area contributed by atoms with Gasteiger partial charge < -0.3 is 9.94 Å². The Hall–Kier alpha value is -2.29. The molecule has 1 aliphatic rings. The molecule has 2 aromatic carbocycles. The first-order valence-corrected chi connectivity index (χ1v) is 7.21. The zero-order valence-corrected chi connectivity index (χ0v) is 12.1. The van der Waals surface area contributed by atoms with Crippen LogP contribution >= 0.6 is 0 Å². The third-order valence-electron chi connectivity index (χ3n) is 4.36. The van der Waals surface area contributed by atoms with Gasteiger partial charge in [-0.1, -0.05) is 54.5 Å². The number of hydrogen-bond donors (Lipinski definition) is 1. The fourth-order valence-electron chi connectivity index (χ4n) is 2.74. The summed E-state index contributed by atoms with van der Waals surface area (Å²) >= 11 is 0. The zero-order valence-electron chi connectivity index (χ0n) is 12.1. The highest BCUT2D eigenvalue weighted by atomic mass is 16.5. The standard InChI is InChI=1S/C18H19NO2/c1-18(12-11-17(18)19-20)15-7-9-16(10-8-15)21-13-14-5-3-2-4-6-14/h2-10,20H,11-13H2,1H3. The number of oxime groups is 1. The second-order valence-electron chi connectivity index (χ2n) is 5.68. The molecule has 3 rings (SSSR count). The number of benzene rings is 2. The minimum absolute atomic E-state index is 0.118.